The van der Waals surface area contributed by atoms with Gasteiger partial charge in [0.2, 0.25) is 0 Å². The van der Waals surface area contributed by atoms with Crippen LogP contribution in [0.2, 0.25) is 0 Å². The Hall–Kier alpha value is -2.67. The van der Waals surface area contributed by atoms with Crippen LogP contribution in [0.4, 0.5) is 0 Å². The molecule has 0 aliphatic heterocycles. The Morgan fingerprint density at radius 1 is 0.778 bits per heavy atom. The van der Waals surface area contributed by atoms with E-state index in [-0.39, 0.29) is 0 Å². The fraction of sp³-hybridized carbons (Fsp3) is 0.250. The van der Waals surface area contributed by atoms with Gasteiger partial charge < -0.3 is 23.5 Å². The van der Waals surface area contributed by atoms with Gasteiger partial charge in [-0.05, 0) is 46.3 Å². The molecule has 3 aromatic rings. The Labute approximate surface area is 166 Å². The SMILES string of the molecule is COc1ccc(-c2ncn(C)c2-c2cc(OC)c(Br)c(OC)c2)cc1OC. The Kier molecular flexibility index (Phi) is 5.60. The molecule has 0 radical (unpaired) electrons. The highest BCUT2D eigenvalue weighted by atomic mass is 79.9. The Morgan fingerprint density at radius 3 is 1.89 bits per heavy atom. The van der Waals surface area contributed by atoms with Gasteiger partial charge in [0.1, 0.15) is 16.0 Å². The minimum Gasteiger partial charge on any atom is -0.495 e. The summed E-state index contributed by atoms with van der Waals surface area (Å²) in [5.74, 6) is 2.69. The summed E-state index contributed by atoms with van der Waals surface area (Å²) in [5.41, 5.74) is 3.61. The number of hydrogen-bond donors (Lipinski definition) is 0. The molecule has 0 fully saturated rings. The molecule has 0 saturated carbocycles. The van der Waals surface area contributed by atoms with Crippen molar-refractivity contribution in [2.75, 3.05) is 28.4 Å². The van der Waals surface area contributed by atoms with Crippen molar-refractivity contribution in [3.63, 3.8) is 0 Å². The fourth-order valence-electron chi connectivity index (χ4n) is 2.97. The van der Waals surface area contributed by atoms with Crippen molar-refractivity contribution in [2.24, 2.45) is 7.05 Å². The van der Waals surface area contributed by atoms with Crippen LogP contribution in [0.15, 0.2) is 41.1 Å². The molecule has 0 unspecified atom stereocenters. The summed E-state index contributed by atoms with van der Waals surface area (Å²) in [5, 5.41) is 0. The smallest absolute Gasteiger partial charge is 0.161 e. The van der Waals surface area contributed by atoms with Crippen LogP contribution in [0.5, 0.6) is 23.0 Å². The number of rotatable bonds is 6. The molecule has 142 valence electrons. The predicted molar refractivity (Wildman–Crippen MR) is 108 cm³/mol. The first-order valence-electron chi connectivity index (χ1n) is 8.19. The van der Waals surface area contributed by atoms with Gasteiger partial charge in [0.05, 0.1) is 46.2 Å². The lowest BCUT2D eigenvalue weighted by Gasteiger charge is -2.14. The molecule has 0 spiro atoms. The molecule has 0 aliphatic rings. The first-order chi connectivity index (χ1) is 13.0. The normalized spacial score (nSPS) is 10.6. The van der Waals surface area contributed by atoms with Crippen LogP contribution in [0.3, 0.4) is 0 Å². The number of aryl methyl sites for hydroxylation is 1. The van der Waals surface area contributed by atoms with Crippen molar-refractivity contribution in [3.05, 3.63) is 41.1 Å². The van der Waals surface area contributed by atoms with Gasteiger partial charge in [-0.1, -0.05) is 0 Å². The summed E-state index contributed by atoms with van der Waals surface area (Å²) < 4.78 is 24.5. The van der Waals surface area contributed by atoms with E-state index >= 15 is 0 Å². The van der Waals surface area contributed by atoms with Gasteiger partial charge >= 0.3 is 0 Å². The van der Waals surface area contributed by atoms with Crippen LogP contribution in [0.1, 0.15) is 0 Å². The van der Waals surface area contributed by atoms with Gasteiger partial charge in [-0.25, -0.2) is 4.98 Å². The lowest BCUT2D eigenvalue weighted by atomic mass is 10.0. The molecule has 0 saturated heterocycles. The number of hydrogen-bond acceptors (Lipinski definition) is 5. The van der Waals surface area contributed by atoms with E-state index in [0.717, 1.165) is 27.0 Å². The lowest BCUT2D eigenvalue weighted by molar-refractivity contribution is 0.355. The molecule has 1 aromatic heterocycles. The number of benzene rings is 2. The number of methoxy groups -OCH3 is 4. The Bertz CT molecular complexity index is 944. The lowest BCUT2D eigenvalue weighted by Crippen LogP contribution is -1.96. The molecular weight excluding hydrogens is 412 g/mol. The maximum atomic E-state index is 5.49. The number of imidazole rings is 1. The fourth-order valence-corrected chi connectivity index (χ4v) is 3.52. The van der Waals surface area contributed by atoms with Crippen LogP contribution in [-0.2, 0) is 7.05 Å². The third kappa shape index (κ3) is 3.47. The highest BCUT2D eigenvalue weighted by Crippen LogP contribution is 2.42. The first-order valence-corrected chi connectivity index (χ1v) is 8.99. The molecule has 1 heterocycles. The average Bonchev–Trinajstić information content (AvgIpc) is 3.09. The Balaban J connectivity index is 2.19. The molecule has 2 aromatic carbocycles. The quantitative estimate of drug-likeness (QED) is 0.571. The average molecular weight is 433 g/mol. The summed E-state index contributed by atoms with van der Waals surface area (Å²) in [6.45, 7) is 0. The van der Waals surface area contributed by atoms with E-state index in [2.05, 4.69) is 20.9 Å². The van der Waals surface area contributed by atoms with Crippen molar-refractivity contribution in [1.82, 2.24) is 9.55 Å². The second-order valence-corrected chi connectivity index (χ2v) is 6.61. The third-order valence-corrected chi connectivity index (χ3v) is 5.09. The highest BCUT2D eigenvalue weighted by molar-refractivity contribution is 9.10. The van der Waals surface area contributed by atoms with Gasteiger partial charge in [0.15, 0.2) is 11.5 Å². The van der Waals surface area contributed by atoms with Crippen molar-refractivity contribution in [1.29, 1.82) is 0 Å². The van der Waals surface area contributed by atoms with Gasteiger partial charge in [0.25, 0.3) is 0 Å². The highest BCUT2D eigenvalue weighted by Gasteiger charge is 2.19. The molecule has 0 bridgehead atoms. The van der Waals surface area contributed by atoms with E-state index in [1.165, 1.54) is 0 Å². The molecular formula is C20H21BrN2O4. The second-order valence-electron chi connectivity index (χ2n) is 5.82. The van der Waals surface area contributed by atoms with Crippen molar-refractivity contribution >= 4 is 15.9 Å². The molecule has 0 atom stereocenters. The van der Waals surface area contributed by atoms with Crippen molar-refractivity contribution in [2.45, 2.75) is 0 Å². The maximum Gasteiger partial charge on any atom is 0.161 e. The summed E-state index contributed by atoms with van der Waals surface area (Å²) in [6.07, 6.45) is 1.78. The third-order valence-electron chi connectivity index (χ3n) is 4.31. The number of aromatic nitrogens is 2. The zero-order valence-corrected chi connectivity index (χ0v) is 17.5. The zero-order chi connectivity index (χ0) is 19.6. The van der Waals surface area contributed by atoms with Gasteiger partial charge in [-0.2, -0.15) is 0 Å². The topological polar surface area (TPSA) is 54.7 Å². The van der Waals surface area contributed by atoms with Crippen LogP contribution in [0, 0.1) is 0 Å². The van der Waals surface area contributed by atoms with E-state index in [1.807, 2.05) is 41.9 Å². The molecule has 7 heteroatoms. The molecule has 0 N–H and O–H groups in total. The Morgan fingerprint density at radius 2 is 1.33 bits per heavy atom. The first kappa shape index (κ1) is 19.1. The summed E-state index contributed by atoms with van der Waals surface area (Å²) in [4.78, 5) is 4.60. The number of nitrogens with zero attached hydrogens (tertiary/aromatic N) is 2. The van der Waals surface area contributed by atoms with E-state index in [4.69, 9.17) is 18.9 Å². The molecule has 0 amide bonds. The monoisotopic (exact) mass is 432 g/mol. The maximum absolute atomic E-state index is 5.49. The van der Waals surface area contributed by atoms with Crippen molar-refractivity contribution in [3.8, 4) is 45.5 Å². The molecule has 3 rings (SSSR count). The summed E-state index contributed by atoms with van der Waals surface area (Å²) in [7, 11) is 8.44. The van der Waals surface area contributed by atoms with Crippen LogP contribution in [-0.4, -0.2) is 38.0 Å². The molecule has 6 nitrogen and oxygen atoms in total. The second kappa shape index (κ2) is 7.92. The minimum absolute atomic E-state index is 0.651. The van der Waals surface area contributed by atoms with E-state index in [0.29, 0.717) is 23.0 Å². The number of ether oxygens (including phenoxy) is 4. The largest absolute Gasteiger partial charge is 0.495 e. The molecule has 0 aliphatic carbocycles. The standard InChI is InChI=1S/C20H21BrN2O4/c1-23-11-22-19(12-6-7-14(24-2)15(8-12)25-3)20(23)13-9-16(26-4)18(21)17(10-13)27-5/h6-11H,1-5H3. The van der Waals surface area contributed by atoms with Gasteiger partial charge in [0, 0.05) is 18.2 Å². The predicted octanol–water partition coefficient (Wildman–Crippen LogP) is 4.55. The van der Waals surface area contributed by atoms with E-state index in [9.17, 15) is 0 Å². The van der Waals surface area contributed by atoms with E-state index in [1.54, 1.807) is 34.8 Å². The molecule has 27 heavy (non-hydrogen) atoms. The zero-order valence-electron chi connectivity index (χ0n) is 15.9. The number of halogens is 1. The van der Waals surface area contributed by atoms with Crippen LogP contribution < -0.4 is 18.9 Å². The van der Waals surface area contributed by atoms with Gasteiger partial charge in [-0.15, -0.1) is 0 Å². The van der Waals surface area contributed by atoms with Crippen LogP contribution >= 0.6 is 15.9 Å². The summed E-state index contributed by atoms with van der Waals surface area (Å²) in [6, 6.07) is 9.65. The summed E-state index contributed by atoms with van der Waals surface area (Å²) >= 11 is 3.51. The minimum atomic E-state index is 0.651. The van der Waals surface area contributed by atoms with E-state index < -0.39 is 0 Å². The van der Waals surface area contributed by atoms with Gasteiger partial charge in [-0.3, -0.25) is 0 Å². The van der Waals surface area contributed by atoms with Crippen molar-refractivity contribution < 1.29 is 18.9 Å². The van der Waals surface area contributed by atoms with Crippen LogP contribution in [0.25, 0.3) is 22.5 Å².